The summed E-state index contributed by atoms with van der Waals surface area (Å²) < 4.78 is 47.9. The Morgan fingerprint density at radius 3 is 2.32 bits per heavy atom. The number of esters is 2. The zero-order valence-electron chi connectivity index (χ0n) is 20.5. The van der Waals surface area contributed by atoms with Gasteiger partial charge in [0.25, 0.3) is 5.67 Å². The van der Waals surface area contributed by atoms with E-state index in [1.807, 2.05) is 0 Å². The molecule has 3 aromatic rings. The molecule has 0 amide bonds. The van der Waals surface area contributed by atoms with Gasteiger partial charge in [-0.05, 0) is 66.3 Å². The Hall–Kier alpha value is -3.45. The number of hydrogen-bond donors (Lipinski definition) is 0. The molecule has 0 radical (unpaired) electrons. The third-order valence-electron chi connectivity index (χ3n) is 6.44. The van der Waals surface area contributed by atoms with E-state index in [9.17, 15) is 14.0 Å². The van der Waals surface area contributed by atoms with Gasteiger partial charge in [0.15, 0.2) is 17.7 Å². The number of carbonyl (C=O) groups excluding carboxylic acids is 2. The van der Waals surface area contributed by atoms with Crippen LogP contribution in [-0.2, 0) is 25.5 Å². The SMILES string of the molecule is COC(=O)C(F)(C(Cc1ccc(F)c(Oc2ccccc2)c1)OC(C)=O)C(c1ccc(Cl)cc1)C1CC1. The van der Waals surface area contributed by atoms with Gasteiger partial charge in [0.1, 0.15) is 5.75 Å². The van der Waals surface area contributed by atoms with Crippen molar-refractivity contribution in [3.05, 3.63) is 94.8 Å². The minimum atomic E-state index is -2.72. The average Bonchev–Trinajstić information content (AvgIpc) is 3.71. The van der Waals surface area contributed by atoms with Crippen LogP contribution < -0.4 is 4.74 Å². The monoisotopic (exact) mass is 528 g/mol. The number of carbonyl (C=O) groups is 2. The van der Waals surface area contributed by atoms with Crippen LogP contribution in [0.25, 0.3) is 0 Å². The molecule has 0 spiro atoms. The summed E-state index contributed by atoms with van der Waals surface area (Å²) in [5.74, 6) is -3.29. The Labute approximate surface area is 219 Å². The smallest absolute Gasteiger partial charge is 0.348 e. The molecule has 0 aromatic heterocycles. The summed E-state index contributed by atoms with van der Waals surface area (Å²) in [4.78, 5) is 25.2. The fourth-order valence-electron chi connectivity index (χ4n) is 4.63. The summed E-state index contributed by atoms with van der Waals surface area (Å²) in [5.41, 5.74) is -1.76. The summed E-state index contributed by atoms with van der Waals surface area (Å²) in [5, 5.41) is 0.467. The Kier molecular flexibility index (Phi) is 8.13. The van der Waals surface area contributed by atoms with Crippen LogP contribution in [0.1, 0.15) is 36.8 Å². The van der Waals surface area contributed by atoms with Crippen LogP contribution in [0, 0.1) is 11.7 Å². The van der Waals surface area contributed by atoms with Crippen molar-refractivity contribution >= 4 is 23.5 Å². The first-order valence-electron chi connectivity index (χ1n) is 11.9. The number of ether oxygens (including phenoxy) is 3. The zero-order chi connectivity index (χ0) is 26.6. The highest BCUT2D eigenvalue weighted by atomic mass is 35.5. The first kappa shape index (κ1) is 26.6. The van der Waals surface area contributed by atoms with E-state index in [4.69, 9.17) is 25.8 Å². The third-order valence-corrected chi connectivity index (χ3v) is 6.69. The lowest BCUT2D eigenvalue weighted by Gasteiger charge is -2.37. The number of halogens is 3. The van der Waals surface area contributed by atoms with Gasteiger partial charge in [-0.15, -0.1) is 0 Å². The van der Waals surface area contributed by atoms with Crippen LogP contribution in [0.3, 0.4) is 0 Å². The summed E-state index contributed by atoms with van der Waals surface area (Å²) in [6, 6.07) is 19.2. The fraction of sp³-hybridized carbons (Fsp3) is 0.310. The van der Waals surface area contributed by atoms with Gasteiger partial charge < -0.3 is 14.2 Å². The molecule has 0 aliphatic heterocycles. The minimum Gasteiger partial charge on any atom is -0.467 e. The molecule has 3 unspecified atom stereocenters. The lowest BCUT2D eigenvalue weighted by atomic mass is 9.75. The van der Waals surface area contributed by atoms with Crippen molar-refractivity contribution in [3.8, 4) is 11.5 Å². The molecule has 37 heavy (non-hydrogen) atoms. The lowest BCUT2D eigenvalue weighted by molar-refractivity contribution is -0.177. The van der Waals surface area contributed by atoms with Crippen molar-refractivity contribution in [1.82, 2.24) is 0 Å². The molecule has 5 nitrogen and oxygen atoms in total. The first-order chi connectivity index (χ1) is 17.7. The topological polar surface area (TPSA) is 61.8 Å². The highest BCUT2D eigenvalue weighted by Gasteiger charge is 2.60. The van der Waals surface area contributed by atoms with E-state index in [1.54, 1.807) is 54.6 Å². The number of hydrogen-bond acceptors (Lipinski definition) is 5. The van der Waals surface area contributed by atoms with E-state index < -0.39 is 35.4 Å². The van der Waals surface area contributed by atoms with E-state index in [2.05, 4.69) is 0 Å². The molecule has 1 aliphatic rings. The van der Waals surface area contributed by atoms with Crippen LogP contribution in [0.15, 0.2) is 72.8 Å². The first-order valence-corrected chi connectivity index (χ1v) is 12.3. The van der Waals surface area contributed by atoms with Gasteiger partial charge in [-0.25, -0.2) is 13.6 Å². The average molecular weight is 529 g/mol. The minimum absolute atomic E-state index is 0.0794. The number of rotatable bonds is 10. The van der Waals surface area contributed by atoms with Gasteiger partial charge in [-0.1, -0.05) is 48.0 Å². The Morgan fingerprint density at radius 2 is 1.73 bits per heavy atom. The Bertz CT molecular complexity index is 1250. The maximum atomic E-state index is 17.3. The second-order valence-electron chi connectivity index (χ2n) is 9.11. The lowest BCUT2D eigenvalue weighted by Crippen LogP contribution is -2.54. The molecule has 0 N–H and O–H groups in total. The molecule has 0 heterocycles. The van der Waals surface area contributed by atoms with Crippen molar-refractivity contribution < 1.29 is 32.6 Å². The number of methoxy groups -OCH3 is 1. The molecule has 0 bridgehead atoms. The quantitative estimate of drug-likeness (QED) is 0.270. The summed E-state index contributed by atoms with van der Waals surface area (Å²) in [7, 11) is 1.09. The zero-order valence-corrected chi connectivity index (χ0v) is 21.2. The van der Waals surface area contributed by atoms with Gasteiger partial charge in [-0.3, -0.25) is 4.79 Å². The highest BCUT2D eigenvalue weighted by molar-refractivity contribution is 6.30. The van der Waals surface area contributed by atoms with Gasteiger partial charge in [-0.2, -0.15) is 0 Å². The number of benzene rings is 3. The largest absolute Gasteiger partial charge is 0.467 e. The third kappa shape index (κ3) is 6.10. The van der Waals surface area contributed by atoms with Crippen molar-refractivity contribution in [3.63, 3.8) is 0 Å². The van der Waals surface area contributed by atoms with Crippen molar-refractivity contribution in [2.45, 2.75) is 43.9 Å². The molecular weight excluding hydrogens is 502 g/mol. The number of para-hydroxylation sites is 1. The normalized spacial score (nSPS) is 16.2. The second-order valence-corrected chi connectivity index (χ2v) is 9.54. The van der Waals surface area contributed by atoms with Crippen LogP contribution in [0.4, 0.5) is 8.78 Å². The van der Waals surface area contributed by atoms with Crippen molar-refractivity contribution in [2.24, 2.45) is 5.92 Å². The van der Waals surface area contributed by atoms with E-state index in [0.29, 0.717) is 34.7 Å². The van der Waals surface area contributed by atoms with E-state index in [-0.39, 0.29) is 18.1 Å². The molecule has 4 rings (SSSR count). The summed E-state index contributed by atoms with van der Waals surface area (Å²) >= 11 is 6.04. The molecule has 3 aromatic carbocycles. The van der Waals surface area contributed by atoms with Crippen LogP contribution in [0.5, 0.6) is 11.5 Å². The maximum absolute atomic E-state index is 17.3. The van der Waals surface area contributed by atoms with Crippen LogP contribution >= 0.6 is 11.6 Å². The van der Waals surface area contributed by atoms with E-state index in [0.717, 1.165) is 14.0 Å². The molecule has 194 valence electrons. The van der Waals surface area contributed by atoms with Gasteiger partial charge in [0.05, 0.1) is 7.11 Å². The molecule has 1 fully saturated rings. The van der Waals surface area contributed by atoms with Crippen LogP contribution in [-0.4, -0.2) is 30.8 Å². The highest BCUT2D eigenvalue weighted by Crippen LogP contribution is 2.52. The molecule has 1 saturated carbocycles. The van der Waals surface area contributed by atoms with Gasteiger partial charge in [0.2, 0.25) is 0 Å². The van der Waals surface area contributed by atoms with Crippen LogP contribution in [0.2, 0.25) is 5.02 Å². The fourth-order valence-corrected chi connectivity index (χ4v) is 4.76. The molecule has 1 aliphatic carbocycles. The second kappa shape index (κ2) is 11.3. The van der Waals surface area contributed by atoms with Crippen molar-refractivity contribution in [1.29, 1.82) is 0 Å². The molecular formula is C29H27ClF2O5. The molecule has 3 atom stereocenters. The molecule has 0 saturated heterocycles. The molecule has 8 heteroatoms. The number of alkyl halides is 1. The standard InChI is InChI=1S/C29H27ClF2O5/c1-18(33)36-26(17-19-8-15-24(31)25(16-19)37-23-6-4-3-5-7-23)29(32,28(34)35-2)27(20-9-10-20)21-11-13-22(30)14-12-21/h3-8,11-16,20,26-27H,9-10,17H2,1-2H3. The Morgan fingerprint density at radius 1 is 1.05 bits per heavy atom. The predicted molar refractivity (Wildman–Crippen MR) is 135 cm³/mol. The summed E-state index contributed by atoms with van der Waals surface area (Å²) in [6.45, 7) is 1.15. The van der Waals surface area contributed by atoms with Gasteiger partial charge in [0, 0.05) is 24.3 Å². The predicted octanol–water partition coefficient (Wildman–Crippen LogP) is 6.82. The van der Waals surface area contributed by atoms with Gasteiger partial charge >= 0.3 is 11.9 Å². The summed E-state index contributed by atoms with van der Waals surface area (Å²) in [6.07, 6.45) is -0.357. The van der Waals surface area contributed by atoms with E-state index in [1.165, 1.54) is 18.2 Å². The maximum Gasteiger partial charge on any atom is 0.348 e. The van der Waals surface area contributed by atoms with E-state index >= 15 is 4.39 Å². The van der Waals surface area contributed by atoms with Crippen molar-refractivity contribution in [2.75, 3.05) is 7.11 Å². The Balaban J connectivity index is 1.74.